The van der Waals surface area contributed by atoms with Crippen molar-refractivity contribution in [2.24, 2.45) is 11.8 Å². The largest absolute Gasteiger partial charge is 0.383 e. The minimum Gasteiger partial charge on any atom is -0.383 e. The maximum atomic E-state index is 5.66. The third-order valence-corrected chi connectivity index (χ3v) is 3.24. The molecule has 1 aliphatic rings. The second-order valence-electron chi connectivity index (χ2n) is 4.75. The highest BCUT2D eigenvalue weighted by atomic mass is 15.2. The van der Waals surface area contributed by atoms with Crippen molar-refractivity contribution in [2.75, 3.05) is 29.5 Å². The summed E-state index contributed by atoms with van der Waals surface area (Å²) in [6.45, 7) is 6.58. The summed E-state index contributed by atoms with van der Waals surface area (Å²) in [6.07, 6.45) is 1.21. The summed E-state index contributed by atoms with van der Waals surface area (Å²) in [7, 11) is 0. The summed E-state index contributed by atoms with van der Waals surface area (Å²) in [5.41, 5.74) is 11.3. The van der Waals surface area contributed by atoms with Crippen LogP contribution in [0.25, 0.3) is 0 Å². The second-order valence-corrected chi connectivity index (χ2v) is 4.75. The van der Waals surface area contributed by atoms with E-state index in [4.69, 9.17) is 11.5 Å². The Labute approximate surface area is 95.9 Å². The smallest absolute Gasteiger partial charge is 0.223 e. The van der Waals surface area contributed by atoms with Crippen LogP contribution in [0.1, 0.15) is 20.3 Å². The van der Waals surface area contributed by atoms with Crippen molar-refractivity contribution in [3.05, 3.63) is 6.07 Å². The summed E-state index contributed by atoms with van der Waals surface area (Å²) in [5.74, 6) is 2.99. The highest BCUT2D eigenvalue weighted by Crippen LogP contribution is 2.27. The van der Waals surface area contributed by atoms with Crippen LogP contribution in [0.2, 0.25) is 0 Å². The molecular formula is C11H19N5. The lowest BCUT2D eigenvalue weighted by atomic mass is 9.95. The summed E-state index contributed by atoms with van der Waals surface area (Å²) >= 11 is 0. The molecule has 1 aliphatic heterocycles. The van der Waals surface area contributed by atoms with Crippen LogP contribution in [0.15, 0.2) is 6.07 Å². The van der Waals surface area contributed by atoms with Gasteiger partial charge < -0.3 is 16.4 Å². The average molecular weight is 221 g/mol. The van der Waals surface area contributed by atoms with Crippen LogP contribution in [0, 0.1) is 11.8 Å². The molecule has 1 aromatic heterocycles. The van der Waals surface area contributed by atoms with E-state index in [9.17, 15) is 0 Å². The van der Waals surface area contributed by atoms with Gasteiger partial charge in [-0.15, -0.1) is 0 Å². The van der Waals surface area contributed by atoms with Crippen molar-refractivity contribution in [2.45, 2.75) is 20.3 Å². The van der Waals surface area contributed by atoms with Gasteiger partial charge in [-0.05, 0) is 18.3 Å². The lowest BCUT2D eigenvalue weighted by Crippen LogP contribution is -2.23. The van der Waals surface area contributed by atoms with E-state index in [1.807, 2.05) is 0 Å². The highest BCUT2D eigenvalue weighted by Gasteiger charge is 2.25. The van der Waals surface area contributed by atoms with E-state index in [1.165, 1.54) is 6.42 Å². The predicted molar refractivity (Wildman–Crippen MR) is 66.0 cm³/mol. The predicted octanol–water partition coefficient (Wildman–Crippen LogP) is 1.12. The summed E-state index contributed by atoms with van der Waals surface area (Å²) < 4.78 is 0. The first-order valence-electron chi connectivity index (χ1n) is 5.71. The van der Waals surface area contributed by atoms with Gasteiger partial charge in [0.05, 0.1) is 0 Å². The molecule has 16 heavy (non-hydrogen) atoms. The van der Waals surface area contributed by atoms with E-state index >= 15 is 0 Å². The van der Waals surface area contributed by atoms with Gasteiger partial charge in [-0.3, -0.25) is 0 Å². The molecule has 0 radical (unpaired) electrons. The fourth-order valence-corrected chi connectivity index (χ4v) is 2.17. The molecule has 1 fully saturated rings. The second kappa shape index (κ2) is 4.15. The van der Waals surface area contributed by atoms with E-state index in [0.29, 0.717) is 11.7 Å². The van der Waals surface area contributed by atoms with Gasteiger partial charge >= 0.3 is 0 Å². The van der Waals surface area contributed by atoms with Crippen LogP contribution < -0.4 is 16.4 Å². The zero-order chi connectivity index (χ0) is 11.7. The maximum Gasteiger partial charge on any atom is 0.223 e. The molecule has 0 bridgehead atoms. The van der Waals surface area contributed by atoms with Gasteiger partial charge in [0.15, 0.2) is 0 Å². The third-order valence-electron chi connectivity index (χ3n) is 3.24. The van der Waals surface area contributed by atoms with E-state index < -0.39 is 0 Å². The Morgan fingerprint density at radius 2 is 2.12 bits per heavy atom. The molecular weight excluding hydrogens is 202 g/mol. The molecule has 0 aliphatic carbocycles. The van der Waals surface area contributed by atoms with Crippen LogP contribution >= 0.6 is 0 Å². The fourth-order valence-electron chi connectivity index (χ4n) is 2.17. The van der Waals surface area contributed by atoms with E-state index in [2.05, 4.69) is 28.7 Å². The third kappa shape index (κ3) is 2.18. The molecule has 5 heteroatoms. The number of aromatic nitrogens is 2. The molecule has 1 atom stereocenters. The average Bonchev–Trinajstić information content (AvgIpc) is 2.64. The molecule has 0 saturated carbocycles. The summed E-state index contributed by atoms with van der Waals surface area (Å²) in [6, 6.07) is 1.79. The topological polar surface area (TPSA) is 81.1 Å². The fraction of sp³-hybridized carbons (Fsp3) is 0.636. The number of anilines is 3. The first kappa shape index (κ1) is 11.0. The van der Waals surface area contributed by atoms with Gasteiger partial charge in [-0.25, -0.2) is 0 Å². The quantitative estimate of drug-likeness (QED) is 0.782. The van der Waals surface area contributed by atoms with Crippen LogP contribution in [0.4, 0.5) is 17.6 Å². The van der Waals surface area contributed by atoms with Gasteiger partial charge in [0.2, 0.25) is 5.95 Å². The molecule has 1 saturated heterocycles. The normalized spacial score (nSPS) is 20.7. The lowest BCUT2D eigenvalue weighted by Gasteiger charge is -2.19. The van der Waals surface area contributed by atoms with Crippen molar-refractivity contribution < 1.29 is 0 Å². The van der Waals surface area contributed by atoms with Crippen LogP contribution in [0.5, 0.6) is 0 Å². The summed E-state index contributed by atoms with van der Waals surface area (Å²) in [5, 5.41) is 0. The van der Waals surface area contributed by atoms with Crippen molar-refractivity contribution in [1.82, 2.24) is 9.97 Å². The number of nitrogens with zero attached hydrogens (tertiary/aromatic N) is 3. The molecule has 2 heterocycles. The highest BCUT2D eigenvalue weighted by molar-refractivity contribution is 5.50. The van der Waals surface area contributed by atoms with E-state index in [0.717, 1.165) is 24.8 Å². The molecule has 2 rings (SSSR count). The van der Waals surface area contributed by atoms with Crippen LogP contribution in [-0.4, -0.2) is 23.1 Å². The minimum absolute atomic E-state index is 0.253. The molecule has 5 nitrogen and oxygen atoms in total. The first-order chi connectivity index (χ1) is 7.56. The number of rotatable bonds is 2. The van der Waals surface area contributed by atoms with Crippen molar-refractivity contribution in [1.29, 1.82) is 0 Å². The number of hydrogen-bond acceptors (Lipinski definition) is 5. The standard InChI is InChI=1S/C11H19N5/c1-7(2)8-3-4-16(6-8)10-5-9(12)14-11(13)15-10/h5,7-8H,3-4,6H2,1-2H3,(H4,12,13,14,15). The lowest BCUT2D eigenvalue weighted by molar-refractivity contribution is 0.422. The SMILES string of the molecule is CC(C)C1CCN(c2cc(N)nc(N)n2)C1. The van der Waals surface area contributed by atoms with Gasteiger partial charge in [-0.1, -0.05) is 13.8 Å². The Hall–Kier alpha value is -1.52. The number of hydrogen-bond donors (Lipinski definition) is 2. The van der Waals surface area contributed by atoms with Crippen LogP contribution in [0.3, 0.4) is 0 Å². The van der Waals surface area contributed by atoms with Gasteiger partial charge in [-0.2, -0.15) is 9.97 Å². The molecule has 0 amide bonds. The Morgan fingerprint density at radius 3 is 2.69 bits per heavy atom. The molecule has 88 valence electrons. The Kier molecular flexibility index (Phi) is 2.85. The zero-order valence-electron chi connectivity index (χ0n) is 9.85. The zero-order valence-corrected chi connectivity index (χ0v) is 9.85. The molecule has 0 aromatic carbocycles. The van der Waals surface area contributed by atoms with Gasteiger partial charge in [0, 0.05) is 19.2 Å². The van der Waals surface area contributed by atoms with Crippen molar-refractivity contribution in [3.63, 3.8) is 0 Å². The van der Waals surface area contributed by atoms with Gasteiger partial charge in [0.1, 0.15) is 11.6 Å². The Balaban J connectivity index is 2.14. The summed E-state index contributed by atoms with van der Waals surface area (Å²) in [4.78, 5) is 10.3. The Morgan fingerprint density at radius 1 is 1.38 bits per heavy atom. The monoisotopic (exact) mass is 221 g/mol. The first-order valence-corrected chi connectivity index (χ1v) is 5.71. The number of nitrogen functional groups attached to an aromatic ring is 2. The van der Waals surface area contributed by atoms with Crippen molar-refractivity contribution >= 4 is 17.6 Å². The Bertz CT molecular complexity index is 356. The minimum atomic E-state index is 0.253. The maximum absolute atomic E-state index is 5.66. The molecule has 1 unspecified atom stereocenters. The van der Waals surface area contributed by atoms with E-state index in [1.54, 1.807) is 6.07 Å². The molecule has 0 spiro atoms. The molecule has 1 aromatic rings. The van der Waals surface area contributed by atoms with E-state index in [-0.39, 0.29) is 5.95 Å². The van der Waals surface area contributed by atoms with Crippen molar-refractivity contribution in [3.8, 4) is 0 Å². The van der Waals surface area contributed by atoms with Crippen LogP contribution in [-0.2, 0) is 0 Å². The molecule has 4 N–H and O–H groups in total. The number of nitrogens with two attached hydrogens (primary N) is 2. The van der Waals surface area contributed by atoms with Gasteiger partial charge in [0.25, 0.3) is 0 Å².